The van der Waals surface area contributed by atoms with Crippen molar-refractivity contribution in [1.29, 1.82) is 0 Å². The smallest absolute Gasteiger partial charge is 0.0118 e. The molecule has 2 rings (SSSR count). The van der Waals surface area contributed by atoms with Crippen LogP contribution in [0.25, 0.3) is 0 Å². The van der Waals surface area contributed by atoms with E-state index in [0.717, 1.165) is 17.5 Å². The van der Waals surface area contributed by atoms with Gasteiger partial charge in [0.15, 0.2) is 0 Å². The van der Waals surface area contributed by atoms with Gasteiger partial charge >= 0.3 is 0 Å². The Labute approximate surface area is 55.2 Å². The van der Waals surface area contributed by atoms with Gasteiger partial charge in [0.05, 0.1) is 0 Å². The molecule has 9 heavy (non-hydrogen) atoms. The summed E-state index contributed by atoms with van der Waals surface area (Å²) in [6.07, 6.45) is 5.48. The second kappa shape index (κ2) is 1.41. The van der Waals surface area contributed by atoms with Gasteiger partial charge < -0.3 is 5.73 Å². The lowest BCUT2D eigenvalue weighted by Crippen LogP contribution is -2.03. The van der Waals surface area contributed by atoms with Crippen molar-refractivity contribution in [2.24, 2.45) is 17.6 Å². The molecule has 48 valence electrons. The van der Waals surface area contributed by atoms with E-state index >= 15 is 0 Å². The molecule has 1 saturated carbocycles. The third kappa shape index (κ3) is 0.607. The Bertz CT molecular complexity index is 179. The van der Waals surface area contributed by atoms with Crippen LogP contribution in [0.1, 0.15) is 13.3 Å². The van der Waals surface area contributed by atoms with Gasteiger partial charge in [-0.2, -0.15) is 0 Å². The fourth-order valence-electron chi connectivity index (χ4n) is 1.54. The van der Waals surface area contributed by atoms with Crippen LogP contribution in [0.15, 0.2) is 23.4 Å². The van der Waals surface area contributed by atoms with Crippen LogP contribution in [-0.4, -0.2) is 0 Å². The van der Waals surface area contributed by atoms with E-state index < -0.39 is 0 Å². The van der Waals surface area contributed by atoms with Crippen molar-refractivity contribution in [3.63, 3.8) is 0 Å². The standard InChI is InChI=1S/C8H11N/c1-5-2-3-8(9)7-4-6(5)7/h2-3,6-7H,4,9H2,1H3. The van der Waals surface area contributed by atoms with Crippen LogP contribution in [0.5, 0.6) is 0 Å². The average molecular weight is 121 g/mol. The third-order valence-electron chi connectivity index (χ3n) is 2.34. The second-order valence-electron chi connectivity index (χ2n) is 3.03. The van der Waals surface area contributed by atoms with Crippen LogP contribution < -0.4 is 5.73 Å². The van der Waals surface area contributed by atoms with E-state index in [1.54, 1.807) is 0 Å². The summed E-state index contributed by atoms with van der Waals surface area (Å²) in [5.41, 5.74) is 8.30. The maximum atomic E-state index is 5.70. The minimum absolute atomic E-state index is 0.718. The molecule has 0 bridgehead atoms. The highest BCUT2D eigenvalue weighted by molar-refractivity contribution is 5.33. The molecule has 2 unspecified atom stereocenters. The lowest BCUT2D eigenvalue weighted by atomic mass is 10.1. The molecule has 0 amide bonds. The monoisotopic (exact) mass is 121 g/mol. The second-order valence-corrected chi connectivity index (χ2v) is 3.03. The largest absolute Gasteiger partial charge is 0.402 e. The molecule has 2 aliphatic rings. The van der Waals surface area contributed by atoms with Crippen molar-refractivity contribution in [1.82, 2.24) is 0 Å². The molecule has 2 atom stereocenters. The predicted molar refractivity (Wildman–Crippen MR) is 37.6 cm³/mol. The molecule has 1 heteroatoms. The number of rotatable bonds is 0. The van der Waals surface area contributed by atoms with Gasteiger partial charge in [-0.25, -0.2) is 0 Å². The van der Waals surface area contributed by atoms with Gasteiger partial charge in [0, 0.05) is 11.6 Å². The van der Waals surface area contributed by atoms with Crippen molar-refractivity contribution >= 4 is 0 Å². The van der Waals surface area contributed by atoms with Gasteiger partial charge in [-0.05, 0) is 25.3 Å². The van der Waals surface area contributed by atoms with Crippen molar-refractivity contribution in [3.8, 4) is 0 Å². The van der Waals surface area contributed by atoms with E-state index in [1.165, 1.54) is 12.0 Å². The summed E-state index contributed by atoms with van der Waals surface area (Å²) in [5.74, 6) is 1.53. The van der Waals surface area contributed by atoms with E-state index in [0.29, 0.717) is 0 Å². The SMILES string of the molecule is CC1=CC=C(N)C2CC12. The van der Waals surface area contributed by atoms with Crippen molar-refractivity contribution < 1.29 is 0 Å². The summed E-state index contributed by atoms with van der Waals surface area (Å²) in [6.45, 7) is 2.19. The van der Waals surface area contributed by atoms with E-state index in [2.05, 4.69) is 13.0 Å². The molecule has 0 spiro atoms. The molecule has 0 heterocycles. The summed E-state index contributed by atoms with van der Waals surface area (Å²) in [4.78, 5) is 0. The van der Waals surface area contributed by atoms with E-state index in [9.17, 15) is 0 Å². The Balaban J connectivity index is 2.33. The first-order valence-electron chi connectivity index (χ1n) is 3.43. The minimum atomic E-state index is 0.718. The van der Waals surface area contributed by atoms with Crippen molar-refractivity contribution in [2.45, 2.75) is 13.3 Å². The Morgan fingerprint density at radius 3 is 2.89 bits per heavy atom. The quantitative estimate of drug-likeness (QED) is 0.515. The van der Waals surface area contributed by atoms with Gasteiger partial charge in [-0.3, -0.25) is 0 Å². The van der Waals surface area contributed by atoms with E-state index in [-0.39, 0.29) is 0 Å². The number of fused-ring (bicyclic) bond motifs is 1. The maximum Gasteiger partial charge on any atom is 0.0118 e. The molecule has 1 nitrogen and oxygen atoms in total. The molecule has 0 radical (unpaired) electrons. The number of hydrogen-bond donors (Lipinski definition) is 1. The van der Waals surface area contributed by atoms with E-state index in [1.807, 2.05) is 6.08 Å². The Hall–Kier alpha value is -0.720. The van der Waals surface area contributed by atoms with Crippen LogP contribution in [0.3, 0.4) is 0 Å². The first-order valence-corrected chi connectivity index (χ1v) is 3.43. The maximum absolute atomic E-state index is 5.70. The molecule has 2 N–H and O–H groups in total. The molecule has 0 saturated heterocycles. The van der Waals surface area contributed by atoms with Gasteiger partial charge in [-0.1, -0.05) is 11.6 Å². The van der Waals surface area contributed by atoms with E-state index in [4.69, 9.17) is 5.73 Å². The Morgan fingerprint density at radius 1 is 1.44 bits per heavy atom. The summed E-state index contributed by atoms with van der Waals surface area (Å²) in [5, 5.41) is 0. The van der Waals surface area contributed by atoms with Crippen molar-refractivity contribution in [3.05, 3.63) is 23.4 Å². The molecule has 0 aromatic rings. The highest BCUT2D eigenvalue weighted by atomic mass is 14.7. The van der Waals surface area contributed by atoms with Crippen LogP contribution in [0.4, 0.5) is 0 Å². The molecule has 1 fully saturated rings. The van der Waals surface area contributed by atoms with Gasteiger partial charge in [-0.15, -0.1) is 0 Å². The lowest BCUT2D eigenvalue weighted by molar-refractivity contribution is 0.848. The number of hydrogen-bond acceptors (Lipinski definition) is 1. The zero-order chi connectivity index (χ0) is 6.43. The lowest BCUT2D eigenvalue weighted by Gasteiger charge is -2.04. The summed E-state index contributed by atoms with van der Waals surface area (Å²) < 4.78 is 0. The first-order chi connectivity index (χ1) is 4.29. The molecular weight excluding hydrogens is 110 g/mol. The molecule has 0 aromatic carbocycles. The van der Waals surface area contributed by atoms with Crippen LogP contribution in [0.2, 0.25) is 0 Å². The molecule has 0 aliphatic heterocycles. The highest BCUT2D eigenvalue weighted by Gasteiger charge is 2.41. The van der Waals surface area contributed by atoms with Gasteiger partial charge in [0.25, 0.3) is 0 Å². The topological polar surface area (TPSA) is 26.0 Å². The first kappa shape index (κ1) is 5.10. The highest BCUT2D eigenvalue weighted by Crippen LogP contribution is 2.49. The zero-order valence-corrected chi connectivity index (χ0v) is 5.59. The van der Waals surface area contributed by atoms with Crippen LogP contribution in [-0.2, 0) is 0 Å². The Kier molecular flexibility index (Phi) is 0.797. The molecular formula is C8H11N. The third-order valence-corrected chi connectivity index (χ3v) is 2.34. The number of allylic oxidation sites excluding steroid dienone is 4. The average Bonchev–Trinajstić information content (AvgIpc) is 2.57. The fourth-order valence-corrected chi connectivity index (χ4v) is 1.54. The van der Waals surface area contributed by atoms with Gasteiger partial charge in [0.2, 0.25) is 0 Å². The minimum Gasteiger partial charge on any atom is -0.402 e. The molecule has 0 aromatic heterocycles. The summed E-state index contributed by atoms with van der Waals surface area (Å²) in [7, 11) is 0. The summed E-state index contributed by atoms with van der Waals surface area (Å²) >= 11 is 0. The van der Waals surface area contributed by atoms with Crippen LogP contribution >= 0.6 is 0 Å². The summed E-state index contributed by atoms with van der Waals surface area (Å²) in [6, 6.07) is 0. The fraction of sp³-hybridized carbons (Fsp3) is 0.500. The van der Waals surface area contributed by atoms with Crippen molar-refractivity contribution in [2.75, 3.05) is 0 Å². The normalized spacial score (nSPS) is 38.8. The molecule has 2 aliphatic carbocycles. The predicted octanol–water partition coefficient (Wildman–Crippen LogP) is 1.43. The zero-order valence-electron chi connectivity index (χ0n) is 5.59. The van der Waals surface area contributed by atoms with Gasteiger partial charge in [0.1, 0.15) is 0 Å². The van der Waals surface area contributed by atoms with Crippen LogP contribution in [0, 0.1) is 11.8 Å². The Morgan fingerprint density at radius 2 is 2.22 bits per heavy atom. The number of nitrogens with two attached hydrogens (primary N) is 1.